The molecule has 0 spiro atoms. The van der Waals surface area contributed by atoms with Gasteiger partial charge in [-0.25, -0.2) is 0 Å². The summed E-state index contributed by atoms with van der Waals surface area (Å²) in [5.41, 5.74) is 1.15. The Labute approximate surface area is 97.5 Å². The molecule has 1 aromatic heterocycles. The highest BCUT2D eigenvalue weighted by Crippen LogP contribution is 2.09. The lowest BCUT2D eigenvalue weighted by molar-refractivity contribution is 0.108. The minimum atomic E-state index is 0.541. The predicted octanol–water partition coefficient (Wildman–Crippen LogP) is 2.87. The van der Waals surface area contributed by atoms with Gasteiger partial charge in [0.2, 0.25) is 0 Å². The molecular formula is C13H21NO2. The van der Waals surface area contributed by atoms with Crippen LogP contribution in [-0.2, 0) is 17.9 Å². The molecule has 0 radical (unpaired) electrons. The van der Waals surface area contributed by atoms with Crippen LogP contribution in [0.15, 0.2) is 28.7 Å². The minimum Gasteiger partial charge on any atom is -0.462 e. The van der Waals surface area contributed by atoms with E-state index in [1.54, 1.807) is 0 Å². The van der Waals surface area contributed by atoms with E-state index >= 15 is 0 Å². The standard InChI is InChI=1S/C13H21NO2/c1-4-14-9-12-5-6-13(16-12)10-15-8-7-11(2)3/h5-6,14H,2,4,7-10H2,1,3H3. The summed E-state index contributed by atoms with van der Waals surface area (Å²) in [4.78, 5) is 0. The Morgan fingerprint density at radius 1 is 1.44 bits per heavy atom. The molecule has 1 N–H and O–H groups in total. The second kappa shape index (κ2) is 7.25. The molecule has 0 amide bonds. The zero-order valence-corrected chi connectivity index (χ0v) is 10.2. The summed E-state index contributed by atoms with van der Waals surface area (Å²) < 4.78 is 11.1. The minimum absolute atomic E-state index is 0.541. The number of hydrogen-bond acceptors (Lipinski definition) is 3. The number of furan rings is 1. The van der Waals surface area contributed by atoms with Crippen LogP contribution in [0.3, 0.4) is 0 Å². The Morgan fingerprint density at radius 2 is 2.19 bits per heavy atom. The van der Waals surface area contributed by atoms with Crippen molar-refractivity contribution in [1.82, 2.24) is 5.32 Å². The van der Waals surface area contributed by atoms with Crippen molar-refractivity contribution in [3.63, 3.8) is 0 Å². The Hall–Kier alpha value is -1.06. The maximum atomic E-state index is 5.58. The molecule has 0 bridgehead atoms. The van der Waals surface area contributed by atoms with Gasteiger partial charge in [-0.15, -0.1) is 6.58 Å². The Balaban J connectivity index is 2.21. The fraction of sp³-hybridized carbons (Fsp3) is 0.538. The number of ether oxygens (including phenoxy) is 1. The van der Waals surface area contributed by atoms with Crippen molar-refractivity contribution in [2.75, 3.05) is 13.2 Å². The summed E-state index contributed by atoms with van der Waals surface area (Å²) in [5, 5.41) is 3.21. The van der Waals surface area contributed by atoms with E-state index in [1.807, 2.05) is 19.1 Å². The molecule has 0 aliphatic rings. The topological polar surface area (TPSA) is 34.4 Å². The fourth-order valence-electron chi connectivity index (χ4n) is 1.26. The quantitative estimate of drug-likeness (QED) is 0.543. The second-order valence-corrected chi connectivity index (χ2v) is 3.91. The summed E-state index contributed by atoms with van der Waals surface area (Å²) >= 11 is 0. The van der Waals surface area contributed by atoms with Crippen LogP contribution in [-0.4, -0.2) is 13.2 Å². The van der Waals surface area contributed by atoms with Crippen LogP contribution in [0.1, 0.15) is 31.8 Å². The van der Waals surface area contributed by atoms with Gasteiger partial charge in [-0.1, -0.05) is 12.5 Å². The summed E-state index contributed by atoms with van der Waals surface area (Å²) in [6.45, 7) is 10.9. The molecule has 16 heavy (non-hydrogen) atoms. The Morgan fingerprint density at radius 3 is 2.88 bits per heavy atom. The van der Waals surface area contributed by atoms with E-state index in [9.17, 15) is 0 Å². The van der Waals surface area contributed by atoms with Gasteiger partial charge in [-0.2, -0.15) is 0 Å². The third-order valence-corrected chi connectivity index (χ3v) is 2.18. The Bertz CT molecular complexity index is 317. The van der Waals surface area contributed by atoms with Crippen LogP contribution in [0.4, 0.5) is 0 Å². The number of rotatable bonds is 8. The molecule has 1 heterocycles. The van der Waals surface area contributed by atoms with Crippen molar-refractivity contribution >= 4 is 0 Å². The van der Waals surface area contributed by atoms with Crippen molar-refractivity contribution < 1.29 is 9.15 Å². The first kappa shape index (κ1) is 13.0. The normalized spacial score (nSPS) is 10.6. The molecule has 0 unspecified atom stereocenters. The van der Waals surface area contributed by atoms with Gasteiger partial charge >= 0.3 is 0 Å². The molecule has 3 nitrogen and oxygen atoms in total. The van der Waals surface area contributed by atoms with Gasteiger partial charge in [0.1, 0.15) is 18.1 Å². The van der Waals surface area contributed by atoms with Crippen molar-refractivity contribution in [2.24, 2.45) is 0 Å². The van der Waals surface area contributed by atoms with Gasteiger partial charge in [0.15, 0.2) is 0 Å². The first-order chi connectivity index (χ1) is 7.72. The molecule has 0 saturated heterocycles. The largest absolute Gasteiger partial charge is 0.462 e. The van der Waals surface area contributed by atoms with Gasteiger partial charge in [0.05, 0.1) is 13.2 Å². The van der Waals surface area contributed by atoms with E-state index in [2.05, 4.69) is 18.8 Å². The average Bonchev–Trinajstić information content (AvgIpc) is 2.69. The van der Waals surface area contributed by atoms with E-state index in [-0.39, 0.29) is 0 Å². The first-order valence-corrected chi connectivity index (χ1v) is 5.72. The lowest BCUT2D eigenvalue weighted by Gasteiger charge is -2.01. The van der Waals surface area contributed by atoms with Gasteiger partial charge in [-0.05, 0) is 32.0 Å². The Kier molecular flexibility index (Phi) is 5.90. The molecule has 90 valence electrons. The fourth-order valence-corrected chi connectivity index (χ4v) is 1.26. The van der Waals surface area contributed by atoms with Gasteiger partial charge in [0.25, 0.3) is 0 Å². The van der Waals surface area contributed by atoms with E-state index < -0.39 is 0 Å². The maximum Gasteiger partial charge on any atom is 0.129 e. The van der Waals surface area contributed by atoms with Gasteiger partial charge in [-0.3, -0.25) is 0 Å². The van der Waals surface area contributed by atoms with Crippen LogP contribution >= 0.6 is 0 Å². The maximum absolute atomic E-state index is 5.58. The smallest absolute Gasteiger partial charge is 0.129 e. The molecule has 0 aliphatic heterocycles. The van der Waals surface area contributed by atoms with Crippen LogP contribution in [0.25, 0.3) is 0 Å². The highest BCUT2D eigenvalue weighted by molar-refractivity contribution is 5.06. The van der Waals surface area contributed by atoms with E-state index in [0.29, 0.717) is 13.2 Å². The van der Waals surface area contributed by atoms with Crippen LogP contribution in [0, 0.1) is 0 Å². The summed E-state index contributed by atoms with van der Waals surface area (Å²) in [5.74, 6) is 1.84. The third-order valence-electron chi connectivity index (χ3n) is 2.18. The summed E-state index contributed by atoms with van der Waals surface area (Å²) in [6.07, 6.45) is 0.908. The number of hydrogen-bond donors (Lipinski definition) is 1. The van der Waals surface area contributed by atoms with Crippen molar-refractivity contribution in [3.05, 3.63) is 35.8 Å². The zero-order valence-electron chi connectivity index (χ0n) is 10.2. The van der Waals surface area contributed by atoms with E-state index in [1.165, 1.54) is 0 Å². The molecule has 3 heteroatoms. The van der Waals surface area contributed by atoms with E-state index in [0.717, 1.165) is 36.6 Å². The first-order valence-electron chi connectivity index (χ1n) is 5.72. The molecule has 1 rings (SSSR count). The molecule has 0 atom stereocenters. The summed E-state index contributed by atoms with van der Waals surface area (Å²) in [6, 6.07) is 3.95. The highest BCUT2D eigenvalue weighted by Gasteiger charge is 2.01. The molecule has 1 aromatic rings. The monoisotopic (exact) mass is 223 g/mol. The van der Waals surface area contributed by atoms with Gasteiger partial charge < -0.3 is 14.5 Å². The highest BCUT2D eigenvalue weighted by atomic mass is 16.5. The van der Waals surface area contributed by atoms with Gasteiger partial charge in [0, 0.05) is 0 Å². The molecular weight excluding hydrogens is 202 g/mol. The van der Waals surface area contributed by atoms with Crippen LogP contribution in [0.2, 0.25) is 0 Å². The molecule has 0 aliphatic carbocycles. The third kappa shape index (κ3) is 5.14. The van der Waals surface area contributed by atoms with Crippen LogP contribution in [0.5, 0.6) is 0 Å². The van der Waals surface area contributed by atoms with Crippen molar-refractivity contribution in [1.29, 1.82) is 0 Å². The van der Waals surface area contributed by atoms with Crippen molar-refractivity contribution in [3.8, 4) is 0 Å². The van der Waals surface area contributed by atoms with Crippen LogP contribution < -0.4 is 5.32 Å². The molecule has 0 aromatic carbocycles. The number of nitrogens with one attached hydrogen (secondary N) is 1. The second-order valence-electron chi connectivity index (χ2n) is 3.91. The summed E-state index contributed by atoms with van der Waals surface area (Å²) in [7, 11) is 0. The lowest BCUT2D eigenvalue weighted by atomic mass is 10.3. The predicted molar refractivity (Wildman–Crippen MR) is 65.2 cm³/mol. The van der Waals surface area contributed by atoms with E-state index in [4.69, 9.17) is 9.15 Å². The lowest BCUT2D eigenvalue weighted by Crippen LogP contribution is -2.10. The van der Waals surface area contributed by atoms with Crippen molar-refractivity contribution in [2.45, 2.75) is 33.4 Å². The molecule has 0 saturated carbocycles. The zero-order chi connectivity index (χ0) is 11.8. The SMILES string of the molecule is C=C(C)CCOCc1ccc(CNCC)o1. The average molecular weight is 223 g/mol. The molecule has 0 fully saturated rings.